The van der Waals surface area contributed by atoms with Gasteiger partial charge in [-0.15, -0.1) is 12.3 Å². The van der Waals surface area contributed by atoms with E-state index in [1.807, 2.05) is 0 Å². The number of aliphatic hydroxyl groups is 1. The molecule has 1 fully saturated rings. The monoisotopic (exact) mass is 380 g/mol. The molecule has 0 saturated carbocycles. The summed E-state index contributed by atoms with van der Waals surface area (Å²) in [5.41, 5.74) is 0. The van der Waals surface area contributed by atoms with E-state index in [0.717, 1.165) is 25.7 Å². The summed E-state index contributed by atoms with van der Waals surface area (Å²) in [6.45, 7) is 3.70. The van der Waals surface area contributed by atoms with E-state index in [0.29, 0.717) is 6.42 Å². The van der Waals surface area contributed by atoms with Crippen LogP contribution in [0.25, 0.3) is 0 Å². The highest BCUT2D eigenvalue weighted by Gasteiger charge is 2.36. The summed E-state index contributed by atoms with van der Waals surface area (Å²) in [6, 6.07) is 0. The number of unbranched alkanes of at least 4 members (excludes halogenated alkanes) is 9. The molecule has 1 N–H and O–H groups in total. The number of ether oxygens (including phenoxy) is 2. The Bertz CT molecular complexity index is 429. The molecule has 1 heterocycles. The number of terminal acetylenes is 1. The highest BCUT2D eigenvalue weighted by Crippen LogP contribution is 2.29. The van der Waals surface area contributed by atoms with E-state index in [1.165, 1.54) is 64.7 Å². The molecule has 4 nitrogen and oxygen atoms in total. The van der Waals surface area contributed by atoms with Gasteiger partial charge >= 0.3 is 5.97 Å². The first-order valence-electron chi connectivity index (χ1n) is 11.0. The Labute approximate surface area is 166 Å². The fourth-order valence-corrected chi connectivity index (χ4v) is 3.86. The Balaban J connectivity index is 2.21. The second-order valence-corrected chi connectivity index (χ2v) is 7.88. The first-order valence-corrected chi connectivity index (χ1v) is 11.0. The van der Waals surface area contributed by atoms with Gasteiger partial charge in [-0.25, -0.2) is 0 Å². The third-order valence-corrected chi connectivity index (χ3v) is 5.42. The summed E-state index contributed by atoms with van der Waals surface area (Å²) in [5.74, 6) is 2.22. The summed E-state index contributed by atoms with van der Waals surface area (Å²) < 4.78 is 11.5. The minimum absolute atomic E-state index is 0.120. The predicted molar refractivity (Wildman–Crippen MR) is 109 cm³/mol. The molecule has 0 radical (unpaired) electrons. The summed E-state index contributed by atoms with van der Waals surface area (Å²) in [6.07, 6.45) is 19.6. The van der Waals surface area contributed by atoms with Crippen molar-refractivity contribution in [2.45, 2.75) is 128 Å². The quantitative estimate of drug-likeness (QED) is 0.242. The van der Waals surface area contributed by atoms with Crippen molar-refractivity contribution < 1.29 is 19.4 Å². The molecule has 0 aromatic rings. The van der Waals surface area contributed by atoms with Crippen molar-refractivity contribution in [1.29, 1.82) is 0 Å². The summed E-state index contributed by atoms with van der Waals surface area (Å²) in [5, 5.41) is 10.0. The number of esters is 1. The van der Waals surface area contributed by atoms with Gasteiger partial charge in [-0.05, 0) is 25.7 Å². The van der Waals surface area contributed by atoms with E-state index in [9.17, 15) is 9.90 Å². The number of carbonyl (C=O) groups is 1. The van der Waals surface area contributed by atoms with Gasteiger partial charge in [0.15, 0.2) is 0 Å². The van der Waals surface area contributed by atoms with Crippen molar-refractivity contribution in [1.82, 2.24) is 0 Å². The molecule has 27 heavy (non-hydrogen) atoms. The molecule has 0 unspecified atom stereocenters. The van der Waals surface area contributed by atoms with Crippen LogP contribution < -0.4 is 0 Å². The van der Waals surface area contributed by atoms with Crippen LogP contribution in [0.4, 0.5) is 0 Å². The Morgan fingerprint density at radius 1 is 1.07 bits per heavy atom. The van der Waals surface area contributed by atoms with Gasteiger partial charge in [0.25, 0.3) is 0 Å². The largest absolute Gasteiger partial charge is 0.460 e. The van der Waals surface area contributed by atoms with Crippen molar-refractivity contribution in [3.63, 3.8) is 0 Å². The molecule has 1 rings (SSSR count). The average molecular weight is 381 g/mol. The fraction of sp³-hybridized carbons (Fsp3) is 0.870. The molecule has 4 heteroatoms. The fourth-order valence-electron chi connectivity index (χ4n) is 3.86. The molecule has 1 saturated heterocycles. The van der Waals surface area contributed by atoms with Crippen LogP contribution in [-0.2, 0) is 14.3 Å². The lowest BCUT2D eigenvalue weighted by atomic mass is 10.0. The third kappa shape index (κ3) is 10.8. The van der Waals surface area contributed by atoms with E-state index < -0.39 is 6.10 Å². The minimum atomic E-state index is -0.629. The maximum Gasteiger partial charge on any atom is 0.302 e. The lowest BCUT2D eigenvalue weighted by Gasteiger charge is -2.24. The lowest BCUT2D eigenvalue weighted by molar-refractivity contribution is -0.157. The second kappa shape index (κ2) is 14.9. The molecular formula is C23H40O4. The summed E-state index contributed by atoms with van der Waals surface area (Å²) >= 11 is 0. The van der Waals surface area contributed by atoms with Crippen LogP contribution in [-0.4, -0.2) is 35.5 Å². The summed E-state index contributed by atoms with van der Waals surface area (Å²) in [7, 11) is 0. The second-order valence-electron chi connectivity index (χ2n) is 7.88. The first kappa shape index (κ1) is 24.0. The van der Waals surface area contributed by atoms with Gasteiger partial charge in [0, 0.05) is 13.3 Å². The Hall–Kier alpha value is -1.05. The van der Waals surface area contributed by atoms with Crippen molar-refractivity contribution >= 4 is 5.97 Å². The maximum absolute atomic E-state index is 11.5. The summed E-state index contributed by atoms with van der Waals surface area (Å²) in [4.78, 5) is 11.5. The molecule has 0 aromatic heterocycles. The number of hydrogen-bond donors (Lipinski definition) is 1. The Kier molecular flexibility index (Phi) is 13.3. The van der Waals surface area contributed by atoms with Crippen LogP contribution in [0.3, 0.4) is 0 Å². The molecule has 0 spiro atoms. The molecule has 0 aromatic carbocycles. The number of rotatable bonds is 15. The lowest BCUT2D eigenvalue weighted by Crippen LogP contribution is -2.33. The van der Waals surface area contributed by atoms with E-state index in [1.54, 1.807) is 0 Å². The Morgan fingerprint density at radius 3 is 2.19 bits per heavy atom. The van der Waals surface area contributed by atoms with Crippen LogP contribution in [0.2, 0.25) is 0 Å². The zero-order chi connectivity index (χ0) is 19.9. The molecule has 0 bridgehead atoms. The van der Waals surface area contributed by atoms with Crippen LogP contribution >= 0.6 is 0 Å². The third-order valence-electron chi connectivity index (χ3n) is 5.42. The van der Waals surface area contributed by atoms with Crippen LogP contribution in [0, 0.1) is 12.3 Å². The zero-order valence-corrected chi connectivity index (χ0v) is 17.5. The van der Waals surface area contributed by atoms with Crippen LogP contribution in [0.1, 0.15) is 104 Å². The predicted octanol–water partition coefficient (Wildman–Crippen LogP) is 5.16. The van der Waals surface area contributed by atoms with Crippen molar-refractivity contribution in [2.75, 3.05) is 0 Å². The smallest absolute Gasteiger partial charge is 0.302 e. The van der Waals surface area contributed by atoms with Gasteiger partial charge in [0.05, 0.1) is 18.3 Å². The van der Waals surface area contributed by atoms with Crippen molar-refractivity contribution in [3.05, 3.63) is 0 Å². The maximum atomic E-state index is 11.5. The van der Waals surface area contributed by atoms with Crippen molar-refractivity contribution in [3.8, 4) is 12.3 Å². The van der Waals surface area contributed by atoms with E-state index in [-0.39, 0.29) is 24.3 Å². The molecule has 0 aliphatic carbocycles. The first-order chi connectivity index (χ1) is 13.1. The van der Waals surface area contributed by atoms with Gasteiger partial charge < -0.3 is 14.6 Å². The Morgan fingerprint density at radius 2 is 1.63 bits per heavy atom. The van der Waals surface area contributed by atoms with Crippen LogP contribution in [0.5, 0.6) is 0 Å². The van der Waals surface area contributed by atoms with Gasteiger partial charge in [-0.3, -0.25) is 4.79 Å². The van der Waals surface area contributed by atoms with Crippen molar-refractivity contribution in [2.24, 2.45) is 0 Å². The van der Waals surface area contributed by atoms with E-state index in [4.69, 9.17) is 15.9 Å². The normalized spacial score (nSPS) is 21.6. The minimum Gasteiger partial charge on any atom is -0.460 e. The molecule has 4 atom stereocenters. The zero-order valence-electron chi connectivity index (χ0n) is 17.5. The van der Waals surface area contributed by atoms with Gasteiger partial charge in [-0.1, -0.05) is 64.7 Å². The molecule has 1 aliphatic heterocycles. The SMILES string of the molecule is C#CC[C@@H](O)[C@H]1CC[C@@H]([C@H](CCCCCCCCCCCC)OC(C)=O)O1. The van der Waals surface area contributed by atoms with E-state index >= 15 is 0 Å². The van der Waals surface area contributed by atoms with Gasteiger partial charge in [0.2, 0.25) is 0 Å². The van der Waals surface area contributed by atoms with Gasteiger partial charge in [-0.2, -0.15) is 0 Å². The van der Waals surface area contributed by atoms with E-state index in [2.05, 4.69) is 12.8 Å². The average Bonchev–Trinajstić information content (AvgIpc) is 3.12. The molecule has 0 amide bonds. The number of hydrogen-bond acceptors (Lipinski definition) is 4. The number of carbonyl (C=O) groups excluding carboxylic acids is 1. The molecule has 1 aliphatic rings. The van der Waals surface area contributed by atoms with Crippen LogP contribution in [0.15, 0.2) is 0 Å². The number of aliphatic hydroxyl groups excluding tert-OH is 1. The van der Waals surface area contributed by atoms with Gasteiger partial charge in [0.1, 0.15) is 6.10 Å². The standard InChI is InChI=1S/C23H40O4/c1-4-6-7-8-9-10-11-12-13-14-16-22(26-19(3)24)23-18-17-21(27-23)20(25)15-5-2/h2,20-23,25H,4,6-18H2,1,3H3/t20-,21-,22+,23+/m1/s1. The highest BCUT2D eigenvalue weighted by molar-refractivity contribution is 5.66. The topological polar surface area (TPSA) is 55.8 Å². The molecular weight excluding hydrogens is 340 g/mol. The molecule has 156 valence electrons. The highest BCUT2D eigenvalue weighted by atomic mass is 16.6.